The number of hydrogen-bond acceptors (Lipinski definition) is 2. The van der Waals surface area contributed by atoms with Gasteiger partial charge in [0.2, 0.25) is 5.91 Å². The van der Waals surface area contributed by atoms with Gasteiger partial charge in [-0.05, 0) is 13.8 Å². The Balaban J connectivity index is 4.08. The van der Waals surface area contributed by atoms with E-state index in [1.54, 1.807) is 0 Å². The highest BCUT2D eigenvalue weighted by Crippen LogP contribution is 2.11. The average Bonchev–Trinajstić information content (AvgIpc) is 1.83. The molecular formula is C6H13FN2O. The first-order valence-corrected chi connectivity index (χ1v) is 3.05. The van der Waals surface area contributed by atoms with Gasteiger partial charge in [0.1, 0.15) is 11.7 Å². The SMILES string of the molecule is CNC(=O)C(N)C(C)(C)F. The summed E-state index contributed by atoms with van der Waals surface area (Å²) in [6.45, 7) is 2.54. The van der Waals surface area contributed by atoms with Gasteiger partial charge >= 0.3 is 0 Å². The van der Waals surface area contributed by atoms with Crippen molar-refractivity contribution in [1.29, 1.82) is 0 Å². The zero-order chi connectivity index (χ0) is 8.36. The first kappa shape index (κ1) is 9.36. The lowest BCUT2D eigenvalue weighted by Crippen LogP contribution is -2.50. The molecule has 0 radical (unpaired) electrons. The lowest BCUT2D eigenvalue weighted by molar-refractivity contribution is -0.124. The molecule has 1 unspecified atom stereocenters. The van der Waals surface area contributed by atoms with Crippen molar-refractivity contribution in [2.75, 3.05) is 7.05 Å². The summed E-state index contributed by atoms with van der Waals surface area (Å²) in [6, 6.07) is -1.09. The molecule has 0 fully saturated rings. The largest absolute Gasteiger partial charge is 0.358 e. The van der Waals surface area contributed by atoms with E-state index < -0.39 is 17.6 Å². The molecule has 0 aliphatic rings. The van der Waals surface area contributed by atoms with E-state index in [9.17, 15) is 9.18 Å². The molecule has 3 nitrogen and oxygen atoms in total. The van der Waals surface area contributed by atoms with Crippen LogP contribution in [0.15, 0.2) is 0 Å². The molecule has 0 bridgehead atoms. The van der Waals surface area contributed by atoms with Crippen molar-refractivity contribution in [3.63, 3.8) is 0 Å². The molecule has 0 aromatic rings. The van der Waals surface area contributed by atoms with Crippen LogP contribution in [0.2, 0.25) is 0 Å². The van der Waals surface area contributed by atoms with E-state index in [4.69, 9.17) is 5.73 Å². The van der Waals surface area contributed by atoms with Gasteiger partial charge in [-0.25, -0.2) is 4.39 Å². The maximum Gasteiger partial charge on any atom is 0.239 e. The molecule has 60 valence electrons. The van der Waals surface area contributed by atoms with Gasteiger partial charge in [0.05, 0.1) is 0 Å². The number of nitrogens with one attached hydrogen (secondary N) is 1. The monoisotopic (exact) mass is 148 g/mol. The first-order chi connectivity index (χ1) is 4.39. The minimum atomic E-state index is -1.65. The standard InChI is InChI=1S/C6H13FN2O/c1-6(2,7)4(8)5(10)9-3/h4H,8H2,1-3H3,(H,9,10). The van der Waals surface area contributed by atoms with Gasteiger partial charge in [0.15, 0.2) is 0 Å². The van der Waals surface area contributed by atoms with Crippen LogP contribution >= 0.6 is 0 Å². The number of hydrogen-bond donors (Lipinski definition) is 2. The van der Waals surface area contributed by atoms with Crippen LogP contribution in [0.5, 0.6) is 0 Å². The van der Waals surface area contributed by atoms with Gasteiger partial charge in [-0.15, -0.1) is 0 Å². The van der Waals surface area contributed by atoms with Crippen molar-refractivity contribution >= 4 is 5.91 Å². The Labute approximate surface area is 59.8 Å². The summed E-state index contributed by atoms with van der Waals surface area (Å²) in [5.41, 5.74) is 3.57. The molecule has 0 spiro atoms. The topological polar surface area (TPSA) is 55.1 Å². The quantitative estimate of drug-likeness (QED) is 0.570. The van der Waals surface area contributed by atoms with Crippen LogP contribution in [0.4, 0.5) is 4.39 Å². The third kappa shape index (κ3) is 2.31. The summed E-state index contributed by atoms with van der Waals surface area (Å²) in [4.78, 5) is 10.7. The third-order valence-electron chi connectivity index (χ3n) is 1.27. The zero-order valence-corrected chi connectivity index (χ0v) is 6.44. The maximum absolute atomic E-state index is 12.8. The predicted octanol–water partition coefficient (Wildman–Crippen LogP) is -0.192. The summed E-state index contributed by atoms with van der Waals surface area (Å²) in [6.07, 6.45) is 0. The molecule has 1 amide bonds. The van der Waals surface area contributed by atoms with E-state index in [2.05, 4.69) is 5.32 Å². The Kier molecular flexibility index (Phi) is 2.77. The number of nitrogens with two attached hydrogens (primary N) is 1. The van der Waals surface area contributed by atoms with E-state index in [0.717, 1.165) is 0 Å². The van der Waals surface area contributed by atoms with Gasteiger partial charge < -0.3 is 11.1 Å². The minimum Gasteiger partial charge on any atom is -0.358 e. The Morgan fingerprint density at radius 1 is 1.70 bits per heavy atom. The second-order valence-corrected chi connectivity index (χ2v) is 2.66. The highest BCUT2D eigenvalue weighted by molar-refractivity contribution is 5.82. The summed E-state index contributed by atoms with van der Waals surface area (Å²) in [7, 11) is 1.42. The lowest BCUT2D eigenvalue weighted by atomic mass is 10.0. The number of carbonyl (C=O) groups excluding carboxylic acids is 1. The fourth-order valence-electron chi connectivity index (χ4n) is 0.467. The summed E-state index contributed by atoms with van der Waals surface area (Å²) in [5.74, 6) is -0.479. The van der Waals surface area contributed by atoms with Crippen molar-refractivity contribution in [2.24, 2.45) is 5.73 Å². The molecule has 0 saturated heterocycles. The molecule has 0 rings (SSSR count). The van der Waals surface area contributed by atoms with E-state index in [-0.39, 0.29) is 0 Å². The minimum absolute atomic E-state index is 0.479. The van der Waals surface area contributed by atoms with E-state index in [1.807, 2.05) is 0 Å². The summed E-state index contributed by atoms with van der Waals surface area (Å²) >= 11 is 0. The predicted molar refractivity (Wildman–Crippen MR) is 37.2 cm³/mol. The van der Waals surface area contributed by atoms with Crippen molar-refractivity contribution in [3.05, 3.63) is 0 Å². The van der Waals surface area contributed by atoms with Gasteiger partial charge in [0.25, 0.3) is 0 Å². The van der Waals surface area contributed by atoms with Crippen molar-refractivity contribution in [1.82, 2.24) is 5.32 Å². The number of alkyl halides is 1. The van der Waals surface area contributed by atoms with Crippen LogP contribution < -0.4 is 11.1 Å². The van der Waals surface area contributed by atoms with Gasteiger partial charge in [0, 0.05) is 7.05 Å². The van der Waals surface area contributed by atoms with E-state index in [0.29, 0.717) is 0 Å². The van der Waals surface area contributed by atoms with Gasteiger partial charge in [-0.2, -0.15) is 0 Å². The number of carbonyl (C=O) groups is 1. The van der Waals surface area contributed by atoms with E-state index in [1.165, 1.54) is 20.9 Å². The molecule has 1 atom stereocenters. The Morgan fingerprint density at radius 3 is 2.20 bits per heavy atom. The summed E-state index contributed by atoms with van der Waals surface area (Å²) < 4.78 is 12.8. The number of likely N-dealkylation sites (N-methyl/N-ethyl adjacent to an activating group) is 1. The van der Waals surface area contributed by atoms with Crippen LogP contribution in [-0.2, 0) is 4.79 Å². The molecule has 0 aliphatic carbocycles. The van der Waals surface area contributed by atoms with Crippen molar-refractivity contribution in [2.45, 2.75) is 25.6 Å². The Bertz CT molecular complexity index is 130. The van der Waals surface area contributed by atoms with Crippen LogP contribution in [-0.4, -0.2) is 24.7 Å². The van der Waals surface area contributed by atoms with Gasteiger partial charge in [-0.1, -0.05) is 0 Å². The lowest BCUT2D eigenvalue weighted by Gasteiger charge is -2.20. The number of halogens is 1. The second kappa shape index (κ2) is 2.96. The molecule has 4 heteroatoms. The fourth-order valence-corrected chi connectivity index (χ4v) is 0.467. The molecule has 3 N–H and O–H groups in total. The maximum atomic E-state index is 12.8. The molecule has 0 saturated carbocycles. The molecule has 10 heavy (non-hydrogen) atoms. The third-order valence-corrected chi connectivity index (χ3v) is 1.27. The smallest absolute Gasteiger partial charge is 0.239 e. The number of rotatable bonds is 2. The average molecular weight is 148 g/mol. The van der Waals surface area contributed by atoms with Gasteiger partial charge in [-0.3, -0.25) is 4.79 Å². The number of amides is 1. The molecule has 0 aromatic carbocycles. The molecule has 0 aliphatic heterocycles. The van der Waals surface area contributed by atoms with Crippen molar-refractivity contribution in [3.8, 4) is 0 Å². The van der Waals surface area contributed by atoms with Crippen LogP contribution in [0.3, 0.4) is 0 Å². The highest BCUT2D eigenvalue weighted by Gasteiger charge is 2.30. The Morgan fingerprint density at radius 2 is 2.10 bits per heavy atom. The first-order valence-electron chi connectivity index (χ1n) is 3.05. The van der Waals surface area contributed by atoms with Crippen LogP contribution in [0.1, 0.15) is 13.8 Å². The second-order valence-electron chi connectivity index (χ2n) is 2.66. The molecule has 0 aromatic heterocycles. The fraction of sp³-hybridized carbons (Fsp3) is 0.833. The van der Waals surface area contributed by atoms with Crippen LogP contribution in [0, 0.1) is 0 Å². The zero-order valence-electron chi connectivity index (χ0n) is 6.44. The summed E-state index contributed by atoms with van der Waals surface area (Å²) in [5, 5.41) is 2.27. The normalized spacial score (nSPS) is 14.5. The van der Waals surface area contributed by atoms with E-state index >= 15 is 0 Å². The van der Waals surface area contributed by atoms with Crippen LogP contribution in [0.25, 0.3) is 0 Å². The molecule has 0 heterocycles. The highest BCUT2D eigenvalue weighted by atomic mass is 19.1. The van der Waals surface area contributed by atoms with Crippen molar-refractivity contribution < 1.29 is 9.18 Å². The molecular weight excluding hydrogens is 135 g/mol. The Hall–Kier alpha value is -0.640.